The molecule has 0 aliphatic rings. The first-order chi connectivity index (χ1) is 10.2. The number of benzene rings is 1. The first-order valence-corrected chi connectivity index (χ1v) is 7.62. The zero-order chi connectivity index (χ0) is 14.7. The number of hydrogen-bond donors (Lipinski definition) is 0. The Morgan fingerprint density at radius 3 is 2.67 bits per heavy atom. The molecule has 0 aliphatic carbocycles. The van der Waals surface area contributed by atoms with Crippen molar-refractivity contribution in [3.63, 3.8) is 0 Å². The quantitative estimate of drug-likeness (QED) is 0.503. The zero-order valence-corrected chi connectivity index (χ0v) is 12.5. The van der Waals surface area contributed by atoms with Crippen molar-refractivity contribution < 1.29 is 4.79 Å². The second-order valence-electron chi connectivity index (χ2n) is 4.81. The molecular weight excluding hydrogens is 278 g/mol. The third-order valence-electron chi connectivity index (χ3n) is 3.32. The van der Waals surface area contributed by atoms with E-state index in [0.717, 1.165) is 10.6 Å². The number of thiophene rings is 1. The summed E-state index contributed by atoms with van der Waals surface area (Å²) in [7, 11) is 0. The van der Waals surface area contributed by atoms with Crippen LogP contribution in [-0.2, 0) is 0 Å². The SMILES string of the molecule is Cc1ccsc1/C=C/C(=O)c1cccc(-n2cccc2)c1. The van der Waals surface area contributed by atoms with Crippen molar-refractivity contribution in [3.8, 4) is 5.69 Å². The van der Waals surface area contributed by atoms with Crippen LogP contribution in [0.2, 0.25) is 0 Å². The molecule has 2 aromatic heterocycles. The lowest BCUT2D eigenvalue weighted by Crippen LogP contribution is -1.97. The lowest BCUT2D eigenvalue weighted by Gasteiger charge is -2.04. The van der Waals surface area contributed by atoms with Crippen LogP contribution in [0.5, 0.6) is 0 Å². The number of allylic oxidation sites excluding steroid dienone is 1. The molecule has 0 amide bonds. The van der Waals surface area contributed by atoms with Gasteiger partial charge in [0, 0.05) is 28.5 Å². The highest BCUT2D eigenvalue weighted by molar-refractivity contribution is 7.11. The molecule has 21 heavy (non-hydrogen) atoms. The van der Waals surface area contributed by atoms with Crippen LogP contribution in [0.4, 0.5) is 0 Å². The highest BCUT2D eigenvalue weighted by Crippen LogP contribution is 2.18. The smallest absolute Gasteiger partial charge is 0.185 e. The number of carbonyl (C=O) groups is 1. The van der Waals surface area contributed by atoms with E-state index in [-0.39, 0.29) is 5.78 Å². The fraction of sp³-hybridized carbons (Fsp3) is 0.0556. The van der Waals surface area contributed by atoms with Gasteiger partial charge in [0.25, 0.3) is 0 Å². The summed E-state index contributed by atoms with van der Waals surface area (Å²) in [6.45, 7) is 2.05. The molecule has 1 aromatic carbocycles. The molecule has 0 radical (unpaired) electrons. The summed E-state index contributed by atoms with van der Waals surface area (Å²) in [5.41, 5.74) is 2.89. The molecule has 0 spiro atoms. The summed E-state index contributed by atoms with van der Waals surface area (Å²) in [4.78, 5) is 13.4. The van der Waals surface area contributed by atoms with E-state index in [1.165, 1.54) is 5.56 Å². The number of aromatic nitrogens is 1. The van der Waals surface area contributed by atoms with Gasteiger partial charge in [-0.25, -0.2) is 0 Å². The molecule has 3 aromatic rings. The van der Waals surface area contributed by atoms with E-state index >= 15 is 0 Å². The summed E-state index contributed by atoms with van der Waals surface area (Å²) in [6, 6.07) is 13.6. The van der Waals surface area contributed by atoms with Crippen LogP contribution < -0.4 is 0 Å². The second-order valence-corrected chi connectivity index (χ2v) is 5.75. The maximum absolute atomic E-state index is 12.3. The van der Waals surface area contributed by atoms with Crippen molar-refractivity contribution in [2.75, 3.05) is 0 Å². The number of carbonyl (C=O) groups excluding carboxylic acids is 1. The normalized spacial score (nSPS) is 11.1. The van der Waals surface area contributed by atoms with Gasteiger partial charge >= 0.3 is 0 Å². The van der Waals surface area contributed by atoms with Crippen molar-refractivity contribution in [1.29, 1.82) is 0 Å². The maximum Gasteiger partial charge on any atom is 0.185 e. The maximum atomic E-state index is 12.3. The van der Waals surface area contributed by atoms with Gasteiger partial charge in [0.15, 0.2) is 5.78 Å². The number of ketones is 1. The van der Waals surface area contributed by atoms with Crippen LogP contribution in [0.3, 0.4) is 0 Å². The Morgan fingerprint density at radius 1 is 1.14 bits per heavy atom. The van der Waals surface area contributed by atoms with Gasteiger partial charge in [-0.2, -0.15) is 0 Å². The second kappa shape index (κ2) is 5.94. The van der Waals surface area contributed by atoms with Crippen molar-refractivity contribution in [2.45, 2.75) is 6.92 Å². The number of aryl methyl sites for hydroxylation is 1. The van der Waals surface area contributed by atoms with Crippen LogP contribution in [0, 0.1) is 6.92 Å². The molecule has 2 nitrogen and oxygen atoms in total. The minimum Gasteiger partial charge on any atom is -0.324 e. The highest BCUT2D eigenvalue weighted by atomic mass is 32.1. The van der Waals surface area contributed by atoms with Gasteiger partial charge in [0.2, 0.25) is 0 Å². The topological polar surface area (TPSA) is 22.0 Å². The Morgan fingerprint density at radius 2 is 1.95 bits per heavy atom. The molecule has 2 heterocycles. The highest BCUT2D eigenvalue weighted by Gasteiger charge is 2.04. The summed E-state index contributed by atoms with van der Waals surface area (Å²) in [5.74, 6) is 0.0248. The van der Waals surface area contributed by atoms with Gasteiger partial charge < -0.3 is 4.57 Å². The van der Waals surface area contributed by atoms with Gasteiger partial charge in [-0.1, -0.05) is 12.1 Å². The van der Waals surface area contributed by atoms with E-state index in [0.29, 0.717) is 5.56 Å². The molecule has 3 rings (SSSR count). The zero-order valence-electron chi connectivity index (χ0n) is 11.7. The van der Waals surface area contributed by atoms with Gasteiger partial charge in [-0.3, -0.25) is 4.79 Å². The van der Waals surface area contributed by atoms with Crippen molar-refractivity contribution >= 4 is 23.2 Å². The van der Waals surface area contributed by atoms with Gasteiger partial charge in [-0.05, 0) is 60.4 Å². The Bertz CT molecular complexity index is 781. The van der Waals surface area contributed by atoms with E-state index < -0.39 is 0 Å². The summed E-state index contributed by atoms with van der Waals surface area (Å²) >= 11 is 1.64. The van der Waals surface area contributed by atoms with E-state index in [9.17, 15) is 4.79 Å². The molecule has 3 heteroatoms. The molecule has 0 N–H and O–H groups in total. The van der Waals surface area contributed by atoms with Crippen LogP contribution in [0.25, 0.3) is 11.8 Å². The first-order valence-electron chi connectivity index (χ1n) is 6.74. The van der Waals surface area contributed by atoms with Crippen molar-refractivity contribution in [3.05, 3.63) is 82.3 Å². The molecule has 0 atom stereocenters. The van der Waals surface area contributed by atoms with Gasteiger partial charge in [0.05, 0.1) is 0 Å². The fourth-order valence-corrected chi connectivity index (χ4v) is 2.95. The number of hydrogen-bond acceptors (Lipinski definition) is 2. The van der Waals surface area contributed by atoms with Crippen LogP contribution in [0.15, 0.2) is 66.3 Å². The average Bonchev–Trinajstić information content (AvgIpc) is 3.16. The predicted octanol–water partition coefficient (Wildman–Crippen LogP) is 4.74. The molecule has 0 bridgehead atoms. The Kier molecular flexibility index (Phi) is 3.84. The fourth-order valence-electron chi connectivity index (χ4n) is 2.13. The third kappa shape index (κ3) is 3.03. The molecule has 0 unspecified atom stereocenters. The average molecular weight is 293 g/mol. The lowest BCUT2D eigenvalue weighted by molar-refractivity contribution is 0.104. The number of rotatable bonds is 4. The summed E-state index contributed by atoms with van der Waals surface area (Å²) in [6.07, 6.45) is 7.47. The monoisotopic (exact) mass is 293 g/mol. The molecule has 0 saturated heterocycles. The van der Waals surface area contributed by atoms with E-state index in [1.54, 1.807) is 17.4 Å². The van der Waals surface area contributed by atoms with E-state index in [4.69, 9.17) is 0 Å². The van der Waals surface area contributed by atoms with Crippen LogP contribution >= 0.6 is 11.3 Å². The molecule has 0 aliphatic heterocycles. The molecular formula is C18H15NOS. The standard InChI is InChI=1S/C18H15NOS/c1-14-9-12-21-18(14)8-7-17(20)15-5-4-6-16(13-15)19-10-2-3-11-19/h2-13H,1H3/b8-7+. The van der Waals surface area contributed by atoms with Gasteiger partial charge in [0.1, 0.15) is 0 Å². The van der Waals surface area contributed by atoms with E-state index in [2.05, 4.69) is 6.07 Å². The summed E-state index contributed by atoms with van der Waals surface area (Å²) < 4.78 is 1.99. The largest absolute Gasteiger partial charge is 0.324 e. The lowest BCUT2D eigenvalue weighted by atomic mass is 10.1. The van der Waals surface area contributed by atoms with E-state index in [1.807, 2.05) is 71.7 Å². The molecule has 0 fully saturated rings. The predicted molar refractivity (Wildman–Crippen MR) is 88.2 cm³/mol. The minimum absolute atomic E-state index is 0.0248. The Labute approximate surface area is 128 Å². The summed E-state index contributed by atoms with van der Waals surface area (Å²) in [5, 5.41) is 2.03. The third-order valence-corrected chi connectivity index (χ3v) is 4.31. The minimum atomic E-state index is 0.0248. The van der Waals surface area contributed by atoms with Gasteiger partial charge in [-0.15, -0.1) is 11.3 Å². The van der Waals surface area contributed by atoms with Crippen LogP contribution in [0.1, 0.15) is 20.8 Å². The van der Waals surface area contributed by atoms with Crippen molar-refractivity contribution in [1.82, 2.24) is 4.57 Å². The Hall–Kier alpha value is -2.39. The van der Waals surface area contributed by atoms with Crippen molar-refractivity contribution in [2.24, 2.45) is 0 Å². The number of nitrogens with zero attached hydrogens (tertiary/aromatic N) is 1. The molecule has 104 valence electrons. The molecule has 0 saturated carbocycles. The van der Waals surface area contributed by atoms with Crippen LogP contribution in [-0.4, -0.2) is 10.4 Å². The Balaban J connectivity index is 1.84. The first kappa shape index (κ1) is 13.6.